The number of nitrogens with zero attached hydrogens (tertiary/aromatic N) is 1. The second kappa shape index (κ2) is 10.5. The lowest BCUT2D eigenvalue weighted by atomic mass is 10.3. The van der Waals surface area contributed by atoms with Crippen molar-refractivity contribution in [1.82, 2.24) is 15.0 Å². The Balaban J connectivity index is 1.57. The number of para-hydroxylation sites is 1. The highest BCUT2D eigenvalue weighted by atomic mass is 32.2. The van der Waals surface area contributed by atoms with Crippen LogP contribution in [0, 0.1) is 0 Å². The van der Waals surface area contributed by atoms with E-state index < -0.39 is 10.0 Å². The van der Waals surface area contributed by atoms with E-state index in [0.29, 0.717) is 13.0 Å². The van der Waals surface area contributed by atoms with Gasteiger partial charge in [-0.2, -0.15) is 0 Å². The van der Waals surface area contributed by atoms with Crippen molar-refractivity contribution >= 4 is 15.9 Å². The summed E-state index contributed by atoms with van der Waals surface area (Å²) in [5.41, 5.74) is 0.776. The average Bonchev–Trinajstić information content (AvgIpc) is 2.65. The van der Waals surface area contributed by atoms with Gasteiger partial charge in [-0.1, -0.05) is 24.3 Å². The third kappa shape index (κ3) is 8.09. The number of hydrogen-bond donors (Lipinski definition) is 2. The van der Waals surface area contributed by atoms with E-state index in [-0.39, 0.29) is 31.2 Å². The van der Waals surface area contributed by atoms with E-state index >= 15 is 0 Å². The number of pyridine rings is 1. The molecule has 0 aliphatic heterocycles. The fourth-order valence-electron chi connectivity index (χ4n) is 2.12. The highest BCUT2D eigenvalue weighted by molar-refractivity contribution is 7.89. The van der Waals surface area contributed by atoms with Crippen LogP contribution in [0.4, 0.5) is 0 Å². The maximum atomic E-state index is 11.9. The number of nitrogens with one attached hydrogen (secondary N) is 2. The van der Waals surface area contributed by atoms with Crippen molar-refractivity contribution in [2.45, 2.75) is 19.4 Å². The second-order valence-electron chi connectivity index (χ2n) is 5.62. The van der Waals surface area contributed by atoms with Crippen LogP contribution in [0.2, 0.25) is 0 Å². The Morgan fingerprint density at radius 3 is 2.65 bits per heavy atom. The molecule has 0 spiro atoms. The molecule has 0 bridgehead atoms. The van der Waals surface area contributed by atoms with Gasteiger partial charge in [-0.05, 0) is 30.2 Å². The first kappa shape index (κ1) is 19.9. The molecule has 0 saturated carbocycles. The van der Waals surface area contributed by atoms with E-state index in [9.17, 15) is 13.2 Å². The summed E-state index contributed by atoms with van der Waals surface area (Å²) in [6.07, 6.45) is 4.07. The fraction of sp³-hybridized carbons (Fsp3) is 0.333. The van der Waals surface area contributed by atoms with Crippen LogP contribution in [0.1, 0.15) is 18.4 Å². The van der Waals surface area contributed by atoms with E-state index in [1.54, 1.807) is 24.5 Å². The van der Waals surface area contributed by atoms with Gasteiger partial charge < -0.3 is 10.1 Å². The molecule has 2 rings (SSSR count). The Hall–Kier alpha value is -2.45. The molecule has 1 aromatic heterocycles. The van der Waals surface area contributed by atoms with Crippen LogP contribution < -0.4 is 14.8 Å². The standard InChI is InChI=1S/C18H23N3O4S/c22-18(9-5-12-25-17-7-2-1-3-8-17)20-11-13-26(23,24)21-15-16-6-4-10-19-14-16/h1-4,6-8,10,14,21H,5,9,11-13,15H2,(H,20,22). The summed E-state index contributed by atoms with van der Waals surface area (Å²) in [5.74, 6) is 0.405. The number of sulfonamides is 1. The van der Waals surface area contributed by atoms with E-state index in [2.05, 4.69) is 15.0 Å². The van der Waals surface area contributed by atoms with Crippen molar-refractivity contribution < 1.29 is 17.9 Å². The van der Waals surface area contributed by atoms with Crippen molar-refractivity contribution in [3.05, 3.63) is 60.4 Å². The molecule has 0 aliphatic carbocycles. The molecule has 1 amide bonds. The summed E-state index contributed by atoms with van der Waals surface area (Å²) in [6, 6.07) is 12.9. The second-order valence-corrected chi connectivity index (χ2v) is 7.54. The Kier molecular flexibility index (Phi) is 8.04. The lowest BCUT2D eigenvalue weighted by molar-refractivity contribution is -0.121. The maximum absolute atomic E-state index is 11.9. The summed E-state index contributed by atoms with van der Waals surface area (Å²) in [4.78, 5) is 15.7. The number of ether oxygens (including phenoxy) is 1. The molecular formula is C18H23N3O4S. The predicted molar refractivity (Wildman–Crippen MR) is 99.0 cm³/mol. The largest absolute Gasteiger partial charge is 0.494 e. The molecule has 0 fully saturated rings. The van der Waals surface area contributed by atoms with Crippen LogP contribution in [0.5, 0.6) is 5.75 Å². The number of carbonyl (C=O) groups is 1. The zero-order chi connectivity index (χ0) is 18.7. The molecule has 140 valence electrons. The molecule has 0 unspecified atom stereocenters. The number of rotatable bonds is 11. The SMILES string of the molecule is O=C(CCCOc1ccccc1)NCCS(=O)(=O)NCc1cccnc1. The fourth-order valence-corrected chi connectivity index (χ4v) is 3.02. The monoisotopic (exact) mass is 377 g/mol. The molecular weight excluding hydrogens is 354 g/mol. The van der Waals surface area contributed by atoms with Crippen molar-refractivity contribution in [2.24, 2.45) is 0 Å². The van der Waals surface area contributed by atoms with Gasteiger partial charge in [-0.3, -0.25) is 9.78 Å². The quantitative estimate of drug-likeness (QED) is 0.578. The van der Waals surface area contributed by atoms with Crippen LogP contribution in [-0.4, -0.2) is 38.2 Å². The van der Waals surface area contributed by atoms with Crippen molar-refractivity contribution in [1.29, 1.82) is 0 Å². The minimum absolute atomic E-state index is 0.0702. The third-order valence-electron chi connectivity index (χ3n) is 3.47. The molecule has 2 N–H and O–H groups in total. The van der Waals surface area contributed by atoms with Gasteiger partial charge in [0.2, 0.25) is 15.9 Å². The van der Waals surface area contributed by atoms with Crippen molar-refractivity contribution in [3.8, 4) is 5.75 Å². The number of benzene rings is 1. The number of hydrogen-bond acceptors (Lipinski definition) is 5. The molecule has 0 saturated heterocycles. The molecule has 2 aromatic rings. The smallest absolute Gasteiger partial charge is 0.220 e. The van der Waals surface area contributed by atoms with E-state index in [4.69, 9.17) is 4.74 Å². The van der Waals surface area contributed by atoms with Gasteiger partial charge in [0.15, 0.2) is 0 Å². The Labute approximate surface area is 153 Å². The van der Waals surface area contributed by atoms with E-state index in [0.717, 1.165) is 11.3 Å². The molecule has 26 heavy (non-hydrogen) atoms. The normalized spacial score (nSPS) is 11.1. The van der Waals surface area contributed by atoms with Crippen LogP contribution in [-0.2, 0) is 21.4 Å². The minimum Gasteiger partial charge on any atom is -0.494 e. The van der Waals surface area contributed by atoms with Crippen molar-refractivity contribution in [2.75, 3.05) is 18.9 Å². The van der Waals surface area contributed by atoms with Crippen LogP contribution in [0.3, 0.4) is 0 Å². The minimum atomic E-state index is -3.45. The Bertz CT molecular complexity index is 768. The maximum Gasteiger partial charge on any atom is 0.220 e. The van der Waals surface area contributed by atoms with Gasteiger partial charge >= 0.3 is 0 Å². The number of aromatic nitrogens is 1. The predicted octanol–water partition coefficient (Wildman–Crippen LogP) is 1.48. The van der Waals surface area contributed by atoms with Crippen LogP contribution in [0.15, 0.2) is 54.9 Å². The first-order valence-electron chi connectivity index (χ1n) is 8.36. The highest BCUT2D eigenvalue weighted by Gasteiger charge is 2.11. The van der Waals surface area contributed by atoms with Gasteiger partial charge in [0, 0.05) is 31.9 Å². The first-order chi connectivity index (χ1) is 12.6. The molecule has 0 atom stereocenters. The van der Waals surface area contributed by atoms with E-state index in [1.807, 2.05) is 30.3 Å². The molecule has 7 nitrogen and oxygen atoms in total. The van der Waals surface area contributed by atoms with Crippen molar-refractivity contribution in [3.63, 3.8) is 0 Å². The highest BCUT2D eigenvalue weighted by Crippen LogP contribution is 2.08. The molecule has 0 aliphatic rings. The zero-order valence-corrected chi connectivity index (χ0v) is 15.2. The molecule has 8 heteroatoms. The topological polar surface area (TPSA) is 97.4 Å². The molecule has 1 heterocycles. The molecule has 1 aromatic carbocycles. The summed E-state index contributed by atoms with van der Waals surface area (Å²) in [6.45, 7) is 0.685. The van der Waals surface area contributed by atoms with Crippen LogP contribution in [0.25, 0.3) is 0 Å². The number of amides is 1. The average molecular weight is 377 g/mol. The summed E-state index contributed by atoms with van der Waals surface area (Å²) >= 11 is 0. The lowest BCUT2D eigenvalue weighted by Gasteiger charge is -2.08. The number of carbonyl (C=O) groups excluding carboxylic acids is 1. The van der Waals surface area contributed by atoms with Gasteiger partial charge in [0.25, 0.3) is 0 Å². The summed E-state index contributed by atoms with van der Waals surface area (Å²) in [5, 5.41) is 2.61. The lowest BCUT2D eigenvalue weighted by Crippen LogP contribution is -2.34. The Morgan fingerprint density at radius 1 is 1.12 bits per heavy atom. The van der Waals surface area contributed by atoms with Gasteiger partial charge in [0.05, 0.1) is 12.4 Å². The summed E-state index contributed by atoms with van der Waals surface area (Å²) in [7, 11) is -3.45. The van der Waals surface area contributed by atoms with Gasteiger partial charge in [0.1, 0.15) is 5.75 Å². The third-order valence-corrected chi connectivity index (χ3v) is 4.80. The van der Waals surface area contributed by atoms with E-state index in [1.165, 1.54) is 0 Å². The first-order valence-corrected chi connectivity index (χ1v) is 10.0. The van der Waals surface area contributed by atoms with Gasteiger partial charge in [-0.25, -0.2) is 13.1 Å². The molecule has 0 radical (unpaired) electrons. The Morgan fingerprint density at radius 2 is 1.92 bits per heavy atom. The zero-order valence-electron chi connectivity index (χ0n) is 14.4. The van der Waals surface area contributed by atoms with Crippen LogP contribution >= 0.6 is 0 Å². The summed E-state index contributed by atoms with van der Waals surface area (Å²) < 4.78 is 31.8. The van der Waals surface area contributed by atoms with Gasteiger partial charge in [-0.15, -0.1) is 0 Å².